The van der Waals surface area contributed by atoms with Gasteiger partial charge in [0.25, 0.3) is 0 Å². The molecule has 4 nitrogen and oxygen atoms in total. The predicted octanol–water partition coefficient (Wildman–Crippen LogP) is 2.63. The molecule has 2 aromatic rings. The van der Waals surface area contributed by atoms with Gasteiger partial charge in [0.15, 0.2) is 0 Å². The number of esters is 1. The number of fused-ring (bicyclic) bond motifs is 1. The molecule has 0 unspecified atom stereocenters. The maximum Gasteiger partial charge on any atom is 0.341 e. The quantitative estimate of drug-likeness (QED) is 0.474. The number of methoxy groups -OCH3 is 1. The van der Waals surface area contributed by atoms with Gasteiger partial charge >= 0.3 is 5.97 Å². The second-order valence-corrected chi connectivity index (χ2v) is 3.70. The monoisotopic (exact) mass is 231 g/mol. The second-order valence-electron chi connectivity index (χ2n) is 3.70. The lowest BCUT2D eigenvalue weighted by Crippen LogP contribution is -2.05. The SMILES string of the molecule is COC(=O)/C(=C(/C)O)c1c[nH]c2ccccc12. The number of benzene rings is 1. The summed E-state index contributed by atoms with van der Waals surface area (Å²) in [5.41, 5.74) is 1.74. The van der Waals surface area contributed by atoms with Crippen LogP contribution in [0.15, 0.2) is 36.2 Å². The normalized spacial score (nSPS) is 12.4. The minimum absolute atomic E-state index is 0.0541. The number of para-hydroxylation sites is 1. The molecule has 0 aliphatic rings. The molecule has 1 aromatic heterocycles. The van der Waals surface area contributed by atoms with Crippen LogP contribution in [0.5, 0.6) is 0 Å². The summed E-state index contributed by atoms with van der Waals surface area (Å²) in [7, 11) is 1.29. The molecule has 0 saturated carbocycles. The summed E-state index contributed by atoms with van der Waals surface area (Å²) in [6.07, 6.45) is 1.69. The molecule has 88 valence electrons. The first-order valence-electron chi connectivity index (χ1n) is 5.19. The number of allylic oxidation sites excluding steroid dienone is 1. The van der Waals surface area contributed by atoms with E-state index in [0.717, 1.165) is 10.9 Å². The van der Waals surface area contributed by atoms with Crippen molar-refractivity contribution in [3.8, 4) is 0 Å². The van der Waals surface area contributed by atoms with Crippen LogP contribution in [0.2, 0.25) is 0 Å². The molecule has 0 amide bonds. The zero-order valence-corrected chi connectivity index (χ0v) is 9.65. The number of H-pyrrole nitrogens is 1. The van der Waals surface area contributed by atoms with E-state index in [4.69, 9.17) is 0 Å². The molecule has 17 heavy (non-hydrogen) atoms. The first kappa shape index (κ1) is 11.3. The van der Waals surface area contributed by atoms with Gasteiger partial charge in [-0.2, -0.15) is 0 Å². The van der Waals surface area contributed by atoms with Crippen LogP contribution in [0, 0.1) is 0 Å². The summed E-state index contributed by atoms with van der Waals surface area (Å²) in [5.74, 6) is -0.601. The molecular formula is C13H13NO3. The molecule has 0 atom stereocenters. The Morgan fingerprint density at radius 3 is 2.71 bits per heavy atom. The lowest BCUT2D eigenvalue weighted by Gasteiger charge is -2.05. The number of aromatic nitrogens is 1. The summed E-state index contributed by atoms with van der Waals surface area (Å²) in [4.78, 5) is 14.7. The molecular weight excluding hydrogens is 218 g/mol. The summed E-state index contributed by atoms with van der Waals surface area (Å²) >= 11 is 0. The van der Waals surface area contributed by atoms with Crippen molar-refractivity contribution in [1.82, 2.24) is 4.98 Å². The van der Waals surface area contributed by atoms with E-state index in [9.17, 15) is 9.90 Å². The van der Waals surface area contributed by atoms with E-state index in [0.29, 0.717) is 5.56 Å². The number of ether oxygens (including phenoxy) is 1. The molecule has 2 rings (SSSR count). The van der Waals surface area contributed by atoms with Crippen LogP contribution in [0.25, 0.3) is 16.5 Å². The summed E-state index contributed by atoms with van der Waals surface area (Å²) in [6, 6.07) is 7.56. The molecule has 0 saturated heterocycles. The minimum Gasteiger partial charge on any atom is -0.512 e. The van der Waals surface area contributed by atoms with Gasteiger partial charge in [-0.25, -0.2) is 4.79 Å². The number of hydrogen-bond donors (Lipinski definition) is 2. The van der Waals surface area contributed by atoms with E-state index in [2.05, 4.69) is 9.72 Å². The van der Waals surface area contributed by atoms with E-state index in [-0.39, 0.29) is 11.3 Å². The average Bonchev–Trinajstić information content (AvgIpc) is 2.73. The standard InChI is InChI=1S/C13H13NO3/c1-8(15)12(13(16)17-2)10-7-14-11-6-4-3-5-9(10)11/h3-7,14-15H,1-2H3/b12-8-. The highest BCUT2D eigenvalue weighted by molar-refractivity contribution is 6.20. The Kier molecular flexibility index (Phi) is 2.87. The van der Waals surface area contributed by atoms with Gasteiger partial charge in [-0.1, -0.05) is 18.2 Å². The fourth-order valence-electron chi connectivity index (χ4n) is 1.83. The van der Waals surface area contributed by atoms with Crippen molar-refractivity contribution in [2.45, 2.75) is 6.92 Å². The Morgan fingerprint density at radius 2 is 2.06 bits per heavy atom. The van der Waals surface area contributed by atoms with Crippen LogP contribution in [0.3, 0.4) is 0 Å². The molecule has 0 aliphatic heterocycles. The number of aliphatic hydroxyl groups is 1. The Labute approximate surface area is 98.5 Å². The van der Waals surface area contributed by atoms with Crippen molar-refractivity contribution in [2.75, 3.05) is 7.11 Å². The third-order valence-corrected chi connectivity index (χ3v) is 2.61. The van der Waals surface area contributed by atoms with Gasteiger partial charge in [-0.15, -0.1) is 0 Å². The minimum atomic E-state index is -0.547. The zero-order chi connectivity index (χ0) is 12.4. The van der Waals surface area contributed by atoms with Crippen LogP contribution in [-0.4, -0.2) is 23.2 Å². The van der Waals surface area contributed by atoms with Gasteiger partial charge in [0.2, 0.25) is 0 Å². The van der Waals surface area contributed by atoms with Gasteiger partial charge < -0.3 is 14.8 Å². The van der Waals surface area contributed by atoms with Crippen molar-refractivity contribution < 1.29 is 14.6 Å². The number of hydrogen-bond acceptors (Lipinski definition) is 3. The van der Waals surface area contributed by atoms with E-state index >= 15 is 0 Å². The number of aromatic amines is 1. The average molecular weight is 231 g/mol. The van der Waals surface area contributed by atoms with Gasteiger partial charge in [-0.3, -0.25) is 0 Å². The third kappa shape index (κ3) is 1.89. The van der Waals surface area contributed by atoms with E-state index in [1.54, 1.807) is 6.20 Å². The molecule has 0 spiro atoms. The Bertz CT molecular complexity index is 591. The van der Waals surface area contributed by atoms with Gasteiger partial charge in [0.1, 0.15) is 11.3 Å². The Morgan fingerprint density at radius 1 is 1.35 bits per heavy atom. The smallest absolute Gasteiger partial charge is 0.341 e. The summed E-state index contributed by atoms with van der Waals surface area (Å²) in [5, 5.41) is 10.5. The molecule has 0 fully saturated rings. The zero-order valence-electron chi connectivity index (χ0n) is 9.65. The van der Waals surface area contributed by atoms with Crippen molar-refractivity contribution in [2.24, 2.45) is 0 Å². The summed E-state index contributed by atoms with van der Waals surface area (Å²) < 4.78 is 4.68. The van der Waals surface area contributed by atoms with Crippen LogP contribution in [0.1, 0.15) is 12.5 Å². The Hall–Kier alpha value is -2.23. The third-order valence-electron chi connectivity index (χ3n) is 2.61. The van der Waals surface area contributed by atoms with E-state index < -0.39 is 5.97 Å². The lowest BCUT2D eigenvalue weighted by molar-refractivity contribution is -0.133. The van der Waals surface area contributed by atoms with Crippen molar-refractivity contribution in [3.63, 3.8) is 0 Å². The first-order chi connectivity index (χ1) is 8.15. The highest BCUT2D eigenvalue weighted by Crippen LogP contribution is 2.27. The fraction of sp³-hybridized carbons (Fsp3) is 0.154. The molecule has 0 aliphatic carbocycles. The number of rotatable bonds is 2. The maximum atomic E-state index is 11.6. The molecule has 0 bridgehead atoms. The largest absolute Gasteiger partial charge is 0.512 e. The predicted molar refractivity (Wildman–Crippen MR) is 65.5 cm³/mol. The lowest BCUT2D eigenvalue weighted by atomic mass is 10.0. The van der Waals surface area contributed by atoms with Gasteiger partial charge in [0.05, 0.1) is 7.11 Å². The number of nitrogens with one attached hydrogen (secondary N) is 1. The molecule has 0 radical (unpaired) electrons. The highest BCUT2D eigenvalue weighted by Gasteiger charge is 2.19. The number of carbonyl (C=O) groups is 1. The second kappa shape index (κ2) is 4.33. The van der Waals surface area contributed by atoms with Gasteiger partial charge in [0, 0.05) is 22.7 Å². The molecule has 1 aromatic carbocycles. The van der Waals surface area contributed by atoms with Crippen molar-refractivity contribution >= 4 is 22.4 Å². The number of carbonyl (C=O) groups excluding carboxylic acids is 1. The van der Waals surface area contributed by atoms with Crippen LogP contribution < -0.4 is 0 Å². The van der Waals surface area contributed by atoms with Gasteiger partial charge in [-0.05, 0) is 13.0 Å². The van der Waals surface area contributed by atoms with Crippen LogP contribution in [-0.2, 0) is 9.53 Å². The van der Waals surface area contributed by atoms with Crippen LogP contribution >= 0.6 is 0 Å². The van der Waals surface area contributed by atoms with Crippen LogP contribution in [0.4, 0.5) is 0 Å². The number of aliphatic hydroxyl groups excluding tert-OH is 1. The topological polar surface area (TPSA) is 62.3 Å². The molecule has 1 heterocycles. The fourth-order valence-corrected chi connectivity index (χ4v) is 1.83. The van der Waals surface area contributed by atoms with Crippen molar-refractivity contribution in [3.05, 3.63) is 41.8 Å². The first-order valence-corrected chi connectivity index (χ1v) is 5.19. The van der Waals surface area contributed by atoms with E-state index in [1.807, 2.05) is 24.3 Å². The maximum absolute atomic E-state index is 11.6. The van der Waals surface area contributed by atoms with Crippen molar-refractivity contribution in [1.29, 1.82) is 0 Å². The molecule has 4 heteroatoms. The Balaban J connectivity index is 2.66. The van der Waals surface area contributed by atoms with E-state index in [1.165, 1.54) is 14.0 Å². The molecule has 2 N–H and O–H groups in total. The summed E-state index contributed by atoms with van der Waals surface area (Å²) in [6.45, 7) is 1.47. The highest BCUT2D eigenvalue weighted by atomic mass is 16.5.